The molecule has 4 amide bonds. The Morgan fingerprint density at radius 1 is 0.694 bits per heavy atom. The van der Waals surface area contributed by atoms with Crippen molar-refractivity contribution in [3.05, 3.63) is 35.9 Å². The van der Waals surface area contributed by atoms with Gasteiger partial charge in [0.05, 0.1) is 19.3 Å². The lowest BCUT2D eigenvalue weighted by molar-refractivity contribution is -0.197. The molecular formula is C35H54N4O10. The predicted octanol–water partition coefficient (Wildman–Crippen LogP) is 2.92. The number of rotatable bonds is 10. The minimum Gasteiger partial charge on any atom is -0.444 e. The second-order valence-electron chi connectivity index (χ2n) is 14.5. The van der Waals surface area contributed by atoms with Crippen LogP contribution < -0.4 is 0 Å². The number of benzene rings is 1. The average Bonchev–Trinajstić information content (AvgIpc) is 3.05. The molecule has 3 saturated heterocycles. The number of carbonyl (C=O) groups is 4. The third-order valence-electron chi connectivity index (χ3n) is 8.25. The van der Waals surface area contributed by atoms with Crippen LogP contribution in [0.5, 0.6) is 0 Å². The second-order valence-corrected chi connectivity index (χ2v) is 14.5. The van der Waals surface area contributed by atoms with Crippen molar-refractivity contribution in [2.45, 2.75) is 84.1 Å². The molecule has 1 aromatic carbocycles. The first-order chi connectivity index (χ1) is 23.2. The van der Waals surface area contributed by atoms with Crippen LogP contribution in [0.15, 0.2) is 30.3 Å². The third-order valence-corrected chi connectivity index (χ3v) is 8.25. The summed E-state index contributed by atoms with van der Waals surface area (Å²) in [7, 11) is 0. The quantitative estimate of drug-likeness (QED) is 0.361. The van der Waals surface area contributed by atoms with Gasteiger partial charge in [-0.1, -0.05) is 30.3 Å². The molecule has 49 heavy (non-hydrogen) atoms. The minimum absolute atomic E-state index is 0.101. The number of ether oxygens (including phenoxy) is 6. The van der Waals surface area contributed by atoms with Crippen LogP contribution in [-0.4, -0.2) is 152 Å². The van der Waals surface area contributed by atoms with Gasteiger partial charge in [-0.3, -0.25) is 9.59 Å². The van der Waals surface area contributed by atoms with Crippen molar-refractivity contribution in [1.29, 1.82) is 0 Å². The molecule has 0 aliphatic carbocycles. The van der Waals surface area contributed by atoms with Gasteiger partial charge < -0.3 is 48.0 Å². The van der Waals surface area contributed by atoms with E-state index in [1.807, 2.05) is 71.9 Å². The van der Waals surface area contributed by atoms with Crippen molar-refractivity contribution in [3.63, 3.8) is 0 Å². The van der Waals surface area contributed by atoms with Crippen molar-refractivity contribution in [3.8, 4) is 0 Å². The maximum atomic E-state index is 13.1. The van der Waals surface area contributed by atoms with E-state index in [4.69, 9.17) is 28.4 Å². The molecule has 274 valence electrons. The fraction of sp³-hybridized carbons (Fsp3) is 0.714. The van der Waals surface area contributed by atoms with Crippen LogP contribution >= 0.6 is 0 Å². The zero-order valence-corrected chi connectivity index (χ0v) is 29.9. The molecule has 0 N–H and O–H groups in total. The summed E-state index contributed by atoms with van der Waals surface area (Å²) in [5, 5.41) is 0. The molecule has 3 aliphatic rings. The normalized spacial score (nSPS) is 22.1. The van der Waals surface area contributed by atoms with Gasteiger partial charge in [-0.15, -0.1) is 0 Å². The molecule has 0 aromatic heterocycles. The number of hydrogen-bond donors (Lipinski definition) is 0. The fourth-order valence-electron chi connectivity index (χ4n) is 5.69. The molecule has 14 nitrogen and oxygen atoms in total. The maximum Gasteiger partial charge on any atom is 0.410 e. The topological polar surface area (TPSA) is 137 Å². The molecule has 0 bridgehead atoms. The highest BCUT2D eigenvalue weighted by molar-refractivity contribution is 5.78. The van der Waals surface area contributed by atoms with Gasteiger partial charge in [0.15, 0.2) is 0 Å². The Morgan fingerprint density at radius 2 is 1.18 bits per heavy atom. The molecule has 0 saturated carbocycles. The van der Waals surface area contributed by atoms with Crippen molar-refractivity contribution in [1.82, 2.24) is 19.6 Å². The highest BCUT2D eigenvalue weighted by Crippen LogP contribution is 2.24. The van der Waals surface area contributed by atoms with Crippen molar-refractivity contribution in [2.24, 2.45) is 0 Å². The van der Waals surface area contributed by atoms with E-state index in [9.17, 15) is 19.2 Å². The number of carbonyl (C=O) groups excluding carboxylic acids is 4. The molecule has 0 spiro atoms. The van der Waals surface area contributed by atoms with E-state index in [2.05, 4.69) is 0 Å². The summed E-state index contributed by atoms with van der Waals surface area (Å²) in [6, 6.07) is 9.73. The first-order valence-electron chi connectivity index (χ1n) is 17.2. The number of hydrogen-bond acceptors (Lipinski definition) is 10. The molecule has 3 aliphatic heterocycles. The zero-order chi connectivity index (χ0) is 35.6. The Bertz CT molecular complexity index is 1240. The van der Waals surface area contributed by atoms with Gasteiger partial charge in [-0.05, 0) is 53.5 Å². The summed E-state index contributed by atoms with van der Waals surface area (Å²) in [5.74, 6) is -0.339. The van der Waals surface area contributed by atoms with Crippen LogP contribution in [-0.2, 0) is 44.6 Å². The van der Waals surface area contributed by atoms with E-state index >= 15 is 0 Å². The molecule has 3 fully saturated rings. The van der Waals surface area contributed by atoms with E-state index in [0.29, 0.717) is 72.0 Å². The van der Waals surface area contributed by atoms with E-state index in [-0.39, 0.29) is 43.8 Å². The fourth-order valence-corrected chi connectivity index (χ4v) is 5.69. The monoisotopic (exact) mass is 690 g/mol. The molecular weight excluding hydrogens is 636 g/mol. The Hall–Kier alpha value is -3.46. The van der Waals surface area contributed by atoms with Gasteiger partial charge >= 0.3 is 12.2 Å². The second kappa shape index (κ2) is 17.5. The highest BCUT2D eigenvalue weighted by atomic mass is 16.6. The van der Waals surface area contributed by atoms with Crippen LogP contribution in [0, 0.1) is 0 Å². The summed E-state index contributed by atoms with van der Waals surface area (Å²) < 4.78 is 35.3. The van der Waals surface area contributed by atoms with Crippen molar-refractivity contribution < 1.29 is 47.6 Å². The van der Waals surface area contributed by atoms with Gasteiger partial charge in [0.25, 0.3) is 0 Å². The van der Waals surface area contributed by atoms with Crippen LogP contribution in [0.3, 0.4) is 0 Å². The standard InChI is InChI=1S/C35H54N4O10/c1-34(2,3)48-32(42)38-17-13-36(14-18-38)29(40)24-44-23-28-31(47-22-26-10-8-7-9-11-26)27(12-21-45-28)46-25-30(41)37-15-19-39(20-16-37)33(43)49-35(4,5)6/h7-11,27-28,31H,12-25H2,1-6H3/t27-,28-,31+/m1/s1. The van der Waals surface area contributed by atoms with Crippen molar-refractivity contribution >= 4 is 24.0 Å². The molecule has 14 heteroatoms. The third kappa shape index (κ3) is 12.4. The van der Waals surface area contributed by atoms with Crippen LogP contribution in [0.4, 0.5) is 9.59 Å². The number of piperazine rings is 2. The predicted molar refractivity (Wildman–Crippen MR) is 179 cm³/mol. The average molecular weight is 691 g/mol. The van der Waals surface area contributed by atoms with E-state index in [1.165, 1.54) is 0 Å². The molecule has 1 aromatic rings. The lowest BCUT2D eigenvalue weighted by atomic mass is 10.0. The first kappa shape index (κ1) is 38.3. The SMILES string of the molecule is CC(C)(C)OC(=O)N1CCN(C(=O)COC[C@H]2OCC[C@@H](OCC(=O)N3CCN(C(=O)OC(C)(C)C)CC3)[C@@H]2OCc2ccccc2)CC1. The zero-order valence-electron chi connectivity index (χ0n) is 29.9. The summed E-state index contributed by atoms with van der Waals surface area (Å²) in [6.07, 6.45) is -1.74. The van der Waals surface area contributed by atoms with E-state index < -0.39 is 29.5 Å². The summed E-state index contributed by atoms with van der Waals surface area (Å²) in [5.41, 5.74) is -0.187. The van der Waals surface area contributed by atoms with Crippen LogP contribution in [0.2, 0.25) is 0 Å². The molecule has 3 heterocycles. The maximum absolute atomic E-state index is 13.1. The smallest absolute Gasteiger partial charge is 0.410 e. The largest absolute Gasteiger partial charge is 0.444 e. The van der Waals surface area contributed by atoms with Gasteiger partial charge in [0, 0.05) is 59.0 Å². The summed E-state index contributed by atoms with van der Waals surface area (Å²) in [6.45, 7) is 14.6. The minimum atomic E-state index is -0.584. The van der Waals surface area contributed by atoms with Crippen molar-refractivity contribution in [2.75, 3.05) is 78.8 Å². The summed E-state index contributed by atoms with van der Waals surface area (Å²) >= 11 is 0. The van der Waals surface area contributed by atoms with E-state index in [0.717, 1.165) is 5.56 Å². The van der Waals surface area contributed by atoms with Gasteiger partial charge in [0.1, 0.15) is 36.6 Å². The molecule has 3 atom stereocenters. The number of nitrogens with zero attached hydrogens (tertiary/aromatic N) is 4. The molecule has 4 rings (SSSR count). The lowest BCUT2D eigenvalue weighted by Crippen LogP contribution is -2.54. The first-order valence-corrected chi connectivity index (χ1v) is 17.2. The van der Waals surface area contributed by atoms with Gasteiger partial charge in [0.2, 0.25) is 11.8 Å². The van der Waals surface area contributed by atoms with Gasteiger partial charge in [-0.25, -0.2) is 9.59 Å². The summed E-state index contributed by atoms with van der Waals surface area (Å²) in [4.78, 5) is 57.5. The lowest BCUT2D eigenvalue weighted by Gasteiger charge is -2.39. The Balaban J connectivity index is 1.26. The van der Waals surface area contributed by atoms with Gasteiger partial charge in [-0.2, -0.15) is 0 Å². The van der Waals surface area contributed by atoms with E-state index in [1.54, 1.807) is 19.6 Å². The molecule has 0 unspecified atom stereocenters. The Kier molecular flexibility index (Phi) is 13.7. The van der Waals surface area contributed by atoms with Crippen LogP contribution in [0.25, 0.3) is 0 Å². The highest BCUT2D eigenvalue weighted by Gasteiger charge is 2.38. The Labute approximate surface area is 289 Å². The molecule has 0 radical (unpaired) electrons. The Morgan fingerprint density at radius 3 is 1.69 bits per heavy atom. The van der Waals surface area contributed by atoms with Crippen LogP contribution in [0.1, 0.15) is 53.5 Å². The number of amides is 4.